The SMILES string of the molecule is CCCCCCCCCCCCCCCCCC(=O)O[C@H](CC(=O)OCCCCCCCCCCCCCC)C[N+](C)(C)C. The van der Waals surface area contributed by atoms with E-state index in [0.717, 1.165) is 25.7 Å². The van der Waals surface area contributed by atoms with Crippen LogP contribution in [0.4, 0.5) is 0 Å². The minimum atomic E-state index is -0.423. The van der Waals surface area contributed by atoms with Crippen molar-refractivity contribution in [1.82, 2.24) is 0 Å². The number of rotatable bonds is 34. The first kappa shape index (κ1) is 42.9. The molecule has 0 saturated carbocycles. The lowest BCUT2D eigenvalue weighted by molar-refractivity contribution is -0.873. The molecule has 0 aromatic heterocycles. The summed E-state index contributed by atoms with van der Waals surface area (Å²) < 4.78 is 11.9. The van der Waals surface area contributed by atoms with Gasteiger partial charge in [-0.05, 0) is 12.8 Å². The van der Waals surface area contributed by atoms with Gasteiger partial charge in [0.15, 0.2) is 6.10 Å². The van der Waals surface area contributed by atoms with Crippen LogP contribution in [0.25, 0.3) is 0 Å². The van der Waals surface area contributed by atoms with Gasteiger partial charge >= 0.3 is 11.9 Å². The summed E-state index contributed by atoms with van der Waals surface area (Å²) in [5.41, 5.74) is 0. The molecule has 0 aliphatic heterocycles. The van der Waals surface area contributed by atoms with Gasteiger partial charge in [-0.2, -0.15) is 0 Å². The molecule has 44 heavy (non-hydrogen) atoms. The molecule has 0 saturated heterocycles. The van der Waals surface area contributed by atoms with Gasteiger partial charge in [0.05, 0.1) is 34.2 Å². The van der Waals surface area contributed by atoms with Crippen LogP contribution in [0.5, 0.6) is 0 Å². The number of carbonyl (C=O) groups excluding carboxylic acids is 2. The molecule has 0 aromatic carbocycles. The lowest BCUT2D eigenvalue weighted by Crippen LogP contribution is -2.44. The lowest BCUT2D eigenvalue weighted by atomic mass is 10.0. The number of likely N-dealkylation sites (N-methyl/N-ethyl adjacent to an activating group) is 1. The number of hydrogen-bond donors (Lipinski definition) is 0. The van der Waals surface area contributed by atoms with E-state index >= 15 is 0 Å². The van der Waals surface area contributed by atoms with Gasteiger partial charge in [-0.3, -0.25) is 9.59 Å². The molecular weight excluding hydrogens is 546 g/mol. The fourth-order valence-corrected chi connectivity index (χ4v) is 6.01. The molecule has 0 unspecified atom stereocenters. The van der Waals surface area contributed by atoms with Crippen LogP contribution < -0.4 is 0 Å². The Morgan fingerprint density at radius 2 is 0.818 bits per heavy atom. The van der Waals surface area contributed by atoms with E-state index in [1.54, 1.807) is 0 Å². The topological polar surface area (TPSA) is 52.6 Å². The Kier molecular flexibility index (Phi) is 31.1. The second kappa shape index (κ2) is 31.9. The molecule has 0 N–H and O–H groups in total. The average Bonchev–Trinajstić information content (AvgIpc) is 2.96. The fourth-order valence-electron chi connectivity index (χ4n) is 6.01. The van der Waals surface area contributed by atoms with Gasteiger partial charge in [0, 0.05) is 6.42 Å². The smallest absolute Gasteiger partial charge is 0.309 e. The summed E-state index contributed by atoms with van der Waals surface area (Å²) in [6.45, 7) is 5.63. The molecule has 0 radical (unpaired) electrons. The van der Waals surface area contributed by atoms with Crippen molar-refractivity contribution < 1.29 is 23.5 Å². The molecule has 1 atom stereocenters. The van der Waals surface area contributed by atoms with Crippen molar-refractivity contribution in [2.24, 2.45) is 0 Å². The van der Waals surface area contributed by atoms with Gasteiger partial charge in [0.1, 0.15) is 6.54 Å². The van der Waals surface area contributed by atoms with Crippen molar-refractivity contribution in [3.05, 3.63) is 0 Å². The van der Waals surface area contributed by atoms with Crippen molar-refractivity contribution >= 4 is 11.9 Å². The zero-order chi connectivity index (χ0) is 32.6. The number of ether oxygens (including phenoxy) is 2. The lowest BCUT2D eigenvalue weighted by Gasteiger charge is -2.28. The van der Waals surface area contributed by atoms with E-state index in [1.807, 2.05) is 0 Å². The highest BCUT2D eigenvalue weighted by molar-refractivity contribution is 5.72. The highest BCUT2D eigenvalue weighted by Gasteiger charge is 2.25. The van der Waals surface area contributed by atoms with E-state index < -0.39 is 6.10 Å². The quantitative estimate of drug-likeness (QED) is 0.0406. The van der Waals surface area contributed by atoms with E-state index in [1.165, 1.54) is 148 Å². The summed E-state index contributed by atoms with van der Waals surface area (Å²) in [7, 11) is 6.19. The molecule has 262 valence electrons. The molecule has 0 rings (SSSR count). The number of hydrogen-bond acceptors (Lipinski definition) is 4. The third-order valence-electron chi connectivity index (χ3n) is 8.69. The summed E-state index contributed by atoms with van der Waals surface area (Å²) >= 11 is 0. The van der Waals surface area contributed by atoms with Gasteiger partial charge < -0.3 is 14.0 Å². The molecule has 0 amide bonds. The van der Waals surface area contributed by atoms with Crippen LogP contribution in [0, 0.1) is 0 Å². The molecule has 0 heterocycles. The number of quaternary nitrogens is 1. The third-order valence-corrected chi connectivity index (χ3v) is 8.69. The molecule has 0 spiro atoms. The van der Waals surface area contributed by atoms with Gasteiger partial charge in [0.2, 0.25) is 0 Å². The van der Waals surface area contributed by atoms with Crippen LogP contribution in [0.15, 0.2) is 0 Å². The molecule has 5 nitrogen and oxygen atoms in total. The van der Waals surface area contributed by atoms with Gasteiger partial charge in [0.25, 0.3) is 0 Å². The fraction of sp³-hybridized carbons (Fsp3) is 0.949. The zero-order valence-electron chi connectivity index (χ0n) is 30.6. The first-order chi connectivity index (χ1) is 21.3. The van der Waals surface area contributed by atoms with Crippen LogP contribution in [0.1, 0.15) is 200 Å². The van der Waals surface area contributed by atoms with E-state index in [4.69, 9.17) is 9.47 Å². The molecular formula is C39H78NO4+. The van der Waals surface area contributed by atoms with Crippen LogP contribution >= 0.6 is 0 Å². The molecule has 0 aliphatic rings. The van der Waals surface area contributed by atoms with Crippen molar-refractivity contribution in [3.8, 4) is 0 Å². The normalized spacial score (nSPS) is 12.4. The first-order valence-corrected chi connectivity index (χ1v) is 19.4. The number of nitrogens with zero attached hydrogens (tertiary/aromatic N) is 1. The van der Waals surface area contributed by atoms with Crippen LogP contribution in [-0.2, 0) is 19.1 Å². The number of carbonyl (C=O) groups is 2. The Balaban J connectivity index is 3.85. The second-order valence-electron chi connectivity index (χ2n) is 14.6. The van der Waals surface area contributed by atoms with E-state index in [9.17, 15) is 9.59 Å². The summed E-state index contributed by atoms with van der Waals surface area (Å²) in [5, 5.41) is 0. The zero-order valence-corrected chi connectivity index (χ0v) is 30.6. The minimum Gasteiger partial charge on any atom is -0.466 e. The monoisotopic (exact) mass is 625 g/mol. The maximum Gasteiger partial charge on any atom is 0.309 e. The molecule has 5 heteroatoms. The van der Waals surface area contributed by atoms with Gasteiger partial charge in [-0.25, -0.2) is 0 Å². The van der Waals surface area contributed by atoms with Crippen molar-refractivity contribution in [1.29, 1.82) is 0 Å². The second-order valence-corrected chi connectivity index (χ2v) is 14.6. The van der Waals surface area contributed by atoms with Crippen LogP contribution in [0.2, 0.25) is 0 Å². The highest BCUT2D eigenvalue weighted by atomic mass is 16.6. The Hall–Kier alpha value is -1.10. The Labute approximate surface area is 275 Å². The van der Waals surface area contributed by atoms with E-state index in [0.29, 0.717) is 24.1 Å². The highest BCUT2D eigenvalue weighted by Crippen LogP contribution is 2.15. The molecule has 0 fully saturated rings. The maximum absolute atomic E-state index is 12.6. The van der Waals surface area contributed by atoms with Crippen molar-refractivity contribution in [3.63, 3.8) is 0 Å². The predicted octanol–water partition coefficient (Wildman–Crippen LogP) is 11.5. The van der Waals surface area contributed by atoms with Crippen molar-refractivity contribution in [2.45, 2.75) is 206 Å². The number of unbranched alkanes of at least 4 members (excludes halogenated alkanes) is 25. The summed E-state index contributed by atoms with van der Waals surface area (Å²) in [6.07, 6.45) is 35.3. The van der Waals surface area contributed by atoms with Crippen LogP contribution in [-0.4, -0.2) is 56.8 Å². The Morgan fingerprint density at radius 1 is 0.477 bits per heavy atom. The average molecular weight is 625 g/mol. The van der Waals surface area contributed by atoms with Gasteiger partial charge in [-0.15, -0.1) is 0 Å². The summed E-state index contributed by atoms with van der Waals surface area (Å²) in [5.74, 6) is -0.418. The standard InChI is InChI=1S/C39H78NO4/c1-6-8-10-12-14-16-18-20-21-22-23-25-27-29-31-33-38(41)44-37(36-40(3,4)5)35-39(42)43-34-32-30-28-26-24-19-17-15-13-11-9-7-2/h37H,6-36H2,1-5H3/q+1/t37-/m1/s1. The Morgan fingerprint density at radius 3 is 1.18 bits per heavy atom. The first-order valence-electron chi connectivity index (χ1n) is 19.4. The summed E-state index contributed by atoms with van der Waals surface area (Å²) in [4.78, 5) is 25.1. The van der Waals surface area contributed by atoms with Crippen LogP contribution in [0.3, 0.4) is 0 Å². The molecule has 0 aliphatic carbocycles. The van der Waals surface area contributed by atoms with E-state index in [-0.39, 0.29) is 18.4 Å². The molecule has 0 aromatic rings. The third kappa shape index (κ3) is 33.8. The Bertz CT molecular complexity index is 630. The predicted molar refractivity (Wildman–Crippen MR) is 189 cm³/mol. The minimum absolute atomic E-state index is 0.151. The van der Waals surface area contributed by atoms with E-state index in [2.05, 4.69) is 35.0 Å². The van der Waals surface area contributed by atoms with Gasteiger partial charge in [-0.1, -0.05) is 174 Å². The van der Waals surface area contributed by atoms with Crippen molar-refractivity contribution in [2.75, 3.05) is 34.3 Å². The molecule has 0 bridgehead atoms. The number of esters is 2. The summed E-state index contributed by atoms with van der Waals surface area (Å²) in [6, 6.07) is 0. The largest absolute Gasteiger partial charge is 0.466 e. The maximum atomic E-state index is 12.6.